The van der Waals surface area contributed by atoms with Crippen LogP contribution in [-0.4, -0.2) is 41.2 Å². The highest BCUT2D eigenvalue weighted by molar-refractivity contribution is 5.98. The van der Waals surface area contributed by atoms with Crippen LogP contribution in [-0.2, 0) is 0 Å². The number of carbonyl (C=O) groups is 1. The maximum absolute atomic E-state index is 13.7. The van der Waals surface area contributed by atoms with Crippen LogP contribution in [0.5, 0.6) is 0 Å². The number of rotatable bonds is 1. The number of fused-ring (bicyclic) bond motifs is 1. The third-order valence-corrected chi connectivity index (χ3v) is 4.56. The summed E-state index contributed by atoms with van der Waals surface area (Å²) in [7, 11) is 0. The second-order valence-corrected chi connectivity index (χ2v) is 6.06. The normalized spacial score (nSPS) is 17.9. The molecule has 0 spiro atoms. The van der Waals surface area contributed by atoms with Crippen LogP contribution >= 0.6 is 0 Å². The molecule has 0 atom stereocenters. The smallest absolute Gasteiger partial charge is 0.350 e. The first-order valence-corrected chi connectivity index (χ1v) is 7.27. The van der Waals surface area contributed by atoms with Crippen molar-refractivity contribution in [2.75, 3.05) is 13.1 Å². The Kier molecular flexibility index (Phi) is 3.96. The first-order valence-electron chi connectivity index (χ1n) is 7.27. The lowest BCUT2D eigenvalue weighted by Gasteiger charge is -2.33. The molecule has 1 aliphatic rings. The number of hydrogen-bond donors (Lipinski definition) is 1. The van der Waals surface area contributed by atoms with Gasteiger partial charge in [0.15, 0.2) is 17.0 Å². The van der Waals surface area contributed by atoms with Gasteiger partial charge in [0.05, 0.1) is 0 Å². The quantitative estimate of drug-likeness (QED) is 0.725. The summed E-state index contributed by atoms with van der Waals surface area (Å²) < 4.78 is 105. The Balaban J connectivity index is 1.94. The number of H-pyrrole nitrogens is 1. The zero-order chi connectivity index (χ0) is 19.5. The Hall–Kier alpha value is -2.33. The van der Waals surface area contributed by atoms with Gasteiger partial charge in [-0.3, -0.25) is 4.79 Å². The molecule has 1 aliphatic heterocycles. The van der Waals surface area contributed by atoms with Crippen LogP contribution in [0, 0.1) is 17.0 Å². The molecule has 0 bridgehead atoms. The van der Waals surface area contributed by atoms with E-state index in [4.69, 9.17) is 0 Å². The van der Waals surface area contributed by atoms with Crippen LogP contribution in [0.3, 0.4) is 0 Å². The van der Waals surface area contributed by atoms with Gasteiger partial charge in [-0.15, -0.1) is 0 Å². The number of carbonyl (C=O) groups excluding carboxylic acids is 1. The zero-order valence-corrected chi connectivity index (χ0v) is 12.7. The maximum atomic E-state index is 13.7. The van der Waals surface area contributed by atoms with Gasteiger partial charge in [-0.25, -0.2) is 8.78 Å². The monoisotopic (exact) mass is 386 g/mol. The van der Waals surface area contributed by atoms with Gasteiger partial charge in [-0.2, -0.15) is 26.3 Å². The molecule has 1 aromatic heterocycles. The average Bonchev–Trinajstić information content (AvgIpc) is 3.14. The van der Waals surface area contributed by atoms with Crippen molar-refractivity contribution in [3.05, 3.63) is 35.5 Å². The highest BCUT2D eigenvalue weighted by Gasteiger charge is 2.72. The Labute approximate surface area is 140 Å². The van der Waals surface area contributed by atoms with Crippen LogP contribution < -0.4 is 0 Å². The molecule has 1 saturated heterocycles. The maximum Gasteiger partial charge on any atom is 0.404 e. The molecule has 142 valence electrons. The summed E-state index contributed by atoms with van der Waals surface area (Å²) in [4.78, 5) is 15.1. The van der Waals surface area contributed by atoms with Crippen LogP contribution in [0.2, 0.25) is 0 Å². The van der Waals surface area contributed by atoms with Gasteiger partial charge in [0.1, 0.15) is 5.69 Å². The van der Waals surface area contributed by atoms with Gasteiger partial charge >= 0.3 is 12.4 Å². The Bertz CT molecular complexity index is 853. The van der Waals surface area contributed by atoms with E-state index in [2.05, 4.69) is 4.98 Å². The molecule has 0 aliphatic carbocycles. The molecule has 26 heavy (non-hydrogen) atoms. The molecule has 11 heteroatoms. The molecular weight excluding hydrogens is 376 g/mol. The second kappa shape index (κ2) is 5.58. The van der Waals surface area contributed by atoms with Crippen LogP contribution in [0.25, 0.3) is 10.9 Å². The molecule has 2 heterocycles. The van der Waals surface area contributed by atoms with Gasteiger partial charge in [-0.05, 0) is 24.6 Å². The van der Waals surface area contributed by atoms with E-state index in [1.807, 2.05) is 0 Å². The number of aromatic amines is 1. The lowest BCUT2D eigenvalue weighted by Crippen LogP contribution is -2.52. The molecule has 0 saturated carbocycles. The number of nitrogens with zero attached hydrogens (tertiary/aromatic N) is 1. The minimum absolute atomic E-state index is 0.00986. The molecule has 0 radical (unpaired) electrons. The second-order valence-electron chi connectivity index (χ2n) is 6.06. The molecule has 3 nitrogen and oxygen atoms in total. The summed E-state index contributed by atoms with van der Waals surface area (Å²) in [6.45, 7) is -2.37. The largest absolute Gasteiger partial charge is 0.404 e. The summed E-state index contributed by atoms with van der Waals surface area (Å²) in [6, 6.07) is 2.73. The predicted octanol–water partition coefficient (Wildman–Crippen LogP) is 4.40. The number of amides is 1. The van der Waals surface area contributed by atoms with Crippen molar-refractivity contribution in [2.24, 2.45) is 5.41 Å². The van der Waals surface area contributed by atoms with Crippen molar-refractivity contribution in [2.45, 2.75) is 18.8 Å². The fraction of sp³-hybridized carbons (Fsp3) is 0.400. The summed E-state index contributed by atoms with van der Waals surface area (Å²) in [5.74, 6) is -3.64. The van der Waals surface area contributed by atoms with Gasteiger partial charge in [-0.1, -0.05) is 0 Å². The third kappa shape index (κ3) is 2.60. The minimum Gasteiger partial charge on any atom is -0.350 e. The Morgan fingerprint density at radius 3 is 2.23 bits per heavy atom. The van der Waals surface area contributed by atoms with Crippen LogP contribution in [0.15, 0.2) is 18.2 Å². The van der Waals surface area contributed by atoms with Gasteiger partial charge in [0.25, 0.3) is 5.91 Å². The van der Waals surface area contributed by atoms with E-state index in [-0.39, 0.29) is 10.9 Å². The van der Waals surface area contributed by atoms with E-state index in [9.17, 15) is 39.9 Å². The Morgan fingerprint density at radius 2 is 1.69 bits per heavy atom. The topological polar surface area (TPSA) is 36.1 Å². The summed E-state index contributed by atoms with van der Waals surface area (Å²) >= 11 is 0. The van der Waals surface area contributed by atoms with Gasteiger partial charge in [0.2, 0.25) is 0 Å². The number of hydrogen-bond acceptors (Lipinski definition) is 1. The highest BCUT2D eigenvalue weighted by atomic mass is 19.4. The molecule has 0 unspecified atom stereocenters. The zero-order valence-electron chi connectivity index (χ0n) is 12.7. The molecular formula is C15H10F8N2O. The van der Waals surface area contributed by atoms with Crippen molar-refractivity contribution < 1.29 is 39.9 Å². The number of aromatic nitrogens is 1. The van der Waals surface area contributed by atoms with Crippen LogP contribution in [0.4, 0.5) is 35.1 Å². The van der Waals surface area contributed by atoms with Crippen molar-refractivity contribution in [3.63, 3.8) is 0 Å². The van der Waals surface area contributed by atoms with Crippen molar-refractivity contribution in [1.82, 2.24) is 9.88 Å². The lowest BCUT2D eigenvalue weighted by molar-refractivity contribution is -0.334. The highest BCUT2D eigenvalue weighted by Crippen LogP contribution is 2.55. The molecule has 1 N–H and O–H groups in total. The summed E-state index contributed by atoms with van der Waals surface area (Å²) in [5, 5.41) is -0.328. The van der Waals surface area contributed by atoms with Crippen molar-refractivity contribution in [1.29, 1.82) is 0 Å². The lowest BCUT2D eigenvalue weighted by atomic mass is 9.85. The predicted molar refractivity (Wildman–Crippen MR) is 73.3 cm³/mol. The molecule has 1 fully saturated rings. The minimum atomic E-state index is -5.59. The van der Waals surface area contributed by atoms with Crippen molar-refractivity contribution >= 4 is 16.8 Å². The van der Waals surface area contributed by atoms with Crippen LogP contribution in [0.1, 0.15) is 16.9 Å². The van der Waals surface area contributed by atoms with Gasteiger partial charge < -0.3 is 9.88 Å². The Morgan fingerprint density at radius 1 is 1.08 bits per heavy atom. The number of benzene rings is 1. The first kappa shape index (κ1) is 18.5. The third-order valence-electron chi connectivity index (χ3n) is 4.56. The number of halogens is 8. The van der Waals surface area contributed by atoms with Crippen molar-refractivity contribution in [3.8, 4) is 0 Å². The van der Waals surface area contributed by atoms with E-state index < -0.39 is 60.5 Å². The summed E-state index contributed by atoms with van der Waals surface area (Å²) in [6.07, 6.45) is -12.5. The molecule has 2 aromatic rings. The number of nitrogens with one attached hydrogen (secondary N) is 1. The van der Waals surface area contributed by atoms with E-state index in [0.717, 1.165) is 18.2 Å². The van der Waals surface area contributed by atoms with Gasteiger partial charge in [0, 0.05) is 24.0 Å². The van der Waals surface area contributed by atoms with E-state index in [1.54, 1.807) is 0 Å². The number of alkyl halides is 6. The molecule has 1 aromatic carbocycles. The summed E-state index contributed by atoms with van der Waals surface area (Å²) in [5.41, 5.74) is -4.45. The first-order chi connectivity index (χ1) is 11.9. The standard InChI is InChI=1S/C15H10F8N2O/c16-8-1-2-9-7(11(8)17)5-10(24-9)12(26)25-4-3-13(6-25,14(18,19)20)15(21,22)23/h1-2,5,24H,3-4,6H2. The fourth-order valence-corrected chi connectivity index (χ4v) is 3.03. The number of likely N-dealkylation sites (tertiary alicyclic amines) is 1. The molecule has 1 amide bonds. The van der Waals surface area contributed by atoms with E-state index >= 15 is 0 Å². The fourth-order valence-electron chi connectivity index (χ4n) is 3.03. The SMILES string of the molecule is O=C(c1cc2c(F)c(F)ccc2[nH]1)N1CCC(C(F)(F)F)(C(F)(F)F)C1. The van der Waals surface area contributed by atoms with E-state index in [0.29, 0.717) is 4.90 Å². The average molecular weight is 386 g/mol. The van der Waals surface area contributed by atoms with E-state index in [1.165, 1.54) is 0 Å². The molecule has 3 rings (SSSR count).